The van der Waals surface area contributed by atoms with Crippen molar-refractivity contribution in [2.24, 2.45) is 5.92 Å². The van der Waals surface area contributed by atoms with Gasteiger partial charge in [-0.3, -0.25) is 0 Å². The first-order chi connectivity index (χ1) is 7.74. The first-order valence-electron chi connectivity index (χ1n) is 5.86. The summed E-state index contributed by atoms with van der Waals surface area (Å²) in [4.78, 5) is 12.2. The number of hydrogen-bond donors (Lipinski definition) is 2. The van der Waals surface area contributed by atoms with Gasteiger partial charge in [-0.2, -0.15) is 0 Å². The summed E-state index contributed by atoms with van der Waals surface area (Å²) in [7, 11) is 0. The number of aromatic nitrogens is 3. The van der Waals surface area contributed by atoms with Crippen LogP contribution in [0.15, 0.2) is 12.1 Å². The third-order valence-corrected chi connectivity index (χ3v) is 3.60. The van der Waals surface area contributed by atoms with Gasteiger partial charge in [-0.25, -0.2) is 9.97 Å². The second-order valence-corrected chi connectivity index (χ2v) is 4.74. The molecular formula is C12H16N4. The van der Waals surface area contributed by atoms with Crippen molar-refractivity contribution in [2.75, 3.05) is 5.73 Å². The maximum Gasteiger partial charge on any atom is 0.179 e. The predicted molar refractivity (Wildman–Crippen MR) is 64.1 cm³/mol. The van der Waals surface area contributed by atoms with Gasteiger partial charge in [0, 0.05) is 5.92 Å². The third-order valence-electron chi connectivity index (χ3n) is 3.60. The number of hydrogen-bond acceptors (Lipinski definition) is 3. The normalized spacial score (nSPS) is 25.3. The fourth-order valence-electron chi connectivity index (χ4n) is 2.65. The summed E-state index contributed by atoms with van der Waals surface area (Å²) >= 11 is 0. The molecule has 1 aliphatic rings. The van der Waals surface area contributed by atoms with Crippen molar-refractivity contribution in [3.05, 3.63) is 18.0 Å². The lowest BCUT2D eigenvalue weighted by Gasteiger charge is -2.11. The van der Waals surface area contributed by atoms with Crippen LogP contribution < -0.4 is 5.73 Å². The van der Waals surface area contributed by atoms with Crippen molar-refractivity contribution < 1.29 is 0 Å². The highest BCUT2D eigenvalue weighted by Crippen LogP contribution is 2.38. The van der Waals surface area contributed by atoms with Crippen LogP contribution in [-0.4, -0.2) is 15.0 Å². The molecule has 2 unspecified atom stereocenters. The molecule has 16 heavy (non-hydrogen) atoms. The molecule has 3 rings (SSSR count). The molecule has 1 saturated carbocycles. The van der Waals surface area contributed by atoms with Crippen LogP contribution in [0.4, 0.5) is 5.82 Å². The zero-order chi connectivity index (χ0) is 11.1. The van der Waals surface area contributed by atoms with Gasteiger partial charge >= 0.3 is 0 Å². The Labute approximate surface area is 94.3 Å². The molecule has 2 atom stereocenters. The lowest BCUT2D eigenvalue weighted by atomic mass is 9.98. The summed E-state index contributed by atoms with van der Waals surface area (Å²) in [6.45, 7) is 2.30. The molecule has 0 spiro atoms. The summed E-state index contributed by atoms with van der Waals surface area (Å²) in [5.41, 5.74) is 7.38. The Morgan fingerprint density at radius 3 is 2.94 bits per heavy atom. The van der Waals surface area contributed by atoms with Gasteiger partial charge < -0.3 is 10.7 Å². The minimum absolute atomic E-state index is 0.532. The van der Waals surface area contributed by atoms with E-state index in [2.05, 4.69) is 21.9 Å². The second kappa shape index (κ2) is 3.47. The van der Waals surface area contributed by atoms with Crippen molar-refractivity contribution in [1.29, 1.82) is 0 Å². The predicted octanol–water partition coefficient (Wildman–Crippen LogP) is 2.44. The smallest absolute Gasteiger partial charge is 0.179 e. The molecule has 0 aromatic carbocycles. The lowest BCUT2D eigenvalue weighted by Crippen LogP contribution is -2.03. The molecule has 2 aromatic heterocycles. The maximum atomic E-state index is 5.65. The Kier molecular flexibility index (Phi) is 2.09. The largest absolute Gasteiger partial charge is 0.384 e. The van der Waals surface area contributed by atoms with Gasteiger partial charge in [0.25, 0.3) is 0 Å². The summed E-state index contributed by atoms with van der Waals surface area (Å²) in [5, 5.41) is 0. The minimum atomic E-state index is 0.532. The number of fused-ring (bicyclic) bond motifs is 1. The minimum Gasteiger partial charge on any atom is -0.384 e. The number of rotatable bonds is 1. The van der Waals surface area contributed by atoms with Crippen LogP contribution in [0.3, 0.4) is 0 Å². The molecule has 4 heteroatoms. The van der Waals surface area contributed by atoms with E-state index in [1.165, 1.54) is 19.3 Å². The van der Waals surface area contributed by atoms with Gasteiger partial charge in [0.15, 0.2) is 5.65 Å². The van der Waals surface area contributed by atoms with E-state index in [4.69, 9.17) is 5.73 Å². The molecule has 0 saturated heterocycles. The maximum absolute atomic E-state index is 5.65. The average molecular weight is 216 g/mol. The number of nitrogen functional groups attached to an aromatic ring is 1. The lowest BCUT2D eigenvalue weighted by molar-refractivity contribution is 0.514. The van der Waals surface area contributed by atoms with E-state index in [0.717, 1.165) is 22.9 Å². The van der Waals surface area contributed by atoms with Gasteiger partial charge in [0.1, 0.15) is 11.6 Å². The molecule has 2 aromatic rings. The van der Waals surface area contributed by atoms with E-state index in [1.807, 2.05) is 12.1 Å². The zero-order valence-electron chi connectivity index (χ0n) is 9.40. The highest BCUT2D eigenvalue weighted by atomic mass is 15.0. The van der Waals surface area contributed by atoms with Crippen LogP contribution in [0, 0.1) is 5.92 Å². The molecule has 84 valence electrons. The quantitative estimate of drug-likeness (QED) is 0.769. The molecule has 1 aliphatic carbocycles. The van der Waals surface area contributed by atoms with Crippen LogP contribution >= 0.6 is 0 Å². The SMILES string of the molecule is CC1CCCC1c1nc2nc(N)ccc2[nH]1. The van der Waals surface area contributed by atoms with Crippen LogP contribution in [-0.2, 0) is 0 Å². The molecular weight excluding hydrogens is 200 g/mol. The molecule has 1 fully saturated rings. The van der Waals surface area contributed by atoms with Crippen molar-refractivity contribution in [2.45, 2.75) is 32.1 Å². The van der Waals surface area contributed by atoms with Crippen LogP contribution in [0.2, 0.25) is 0 Å². The number of aromatic amines is 1. The summed E-state index contributed by atoms with van der Waals surface area (Å²) in [5.74, 6) is 2.90. The number of nitrogens with zero attached hydrogens (tertiary/aromatic N) is 2. The third kappa shape index (κ3) is 1.45. The Hall–Kier alpha value is -1.58. The second-order valence-electron chi connectivity index (χ2n) is 4.74. The summed E-state index contributed by atoms with van der Waals surface area (Å²) in [6.07, 6.45) is 3.84. The van der Waals surface area contributed by atoms with E-state index in [-0.39, 0.29) is 0 Å². The van der Waals surface area contributed by atoms with Crippen LogP contribution in [0.5, 0.6) is 0 Å². The molecule has 0 aliphatic heterocycles. The van der Waals surface area contributed by atoms with Gasteiger partial charge in [-0.15, -0.1) is 0 Å². The number of imidazole rings is 1. The van der Waals surface area contributed by atoms with Crippen LogP contribution in [0.1, 0.15) is 37.9 Å². The van der Waals surface area contributed by atoms with Crippen molar-refractivity contribution in [1.82, 2.24) is 15.0 Å². The fourth-order valence-corrected chi connectivity index (χ4v) is 2.65. The number of anilines is 1. The molecule has 2 heterocycles. The fraction of sp³-hybridized carbons (Fsp3) is 0.500. The first kappa shape index (κ1) is 9.63. The van der Waals surface area contributed by atoms with Crippen molar-refractivity contribution in [3.63, 3.8) is 0 Å². The zero-order valence-corrected chi connectivity index (χ0v) is 9.40. The number of nitrogens with two attached hydrogens (primary N) is 1. The molecule has 3 N–H and O–H groups in total. The Balaban J connectivity index is 2.04. The van der Waals surface area contributed by atoms with Gasteiger partial charge in [-0.1, -0.05) is 13.3 Å². The van der Waals surface area contributed by atoms with Crippen molar-refractivity contribution in [3.8, 4) is 0 Å². The first-order valence-corrected chi connectivity index (χ1v) is 5.86. The Morgan fingerprint density at radius 1 is 1.31 bits per heavy atom. The number of H-pyrrole nitrogens is 1. The highest BCUT2D eigenvalue weighted by molar-refractivity contribution is 5.72. The van der Waals surface area contributed by atoms with Crippen molar-refractivity contribution >= 4 is 17.0 Å². The number of nitrogens with one attached hydrogen (secondary N) is 1. The summed E-state index contributed by atoms with van der Waals surface area (Å²) in [6, 6.07) is 3.76. The Morgan fingerprint density at radius 2 is 2.19 bits per heavy atom. The average Bonchev–Trinajstić information content (AvgIpc) is 2.82. The van der Waals surface area contributed by atoms with E-state index in [9.17, 15) is 0 Å². The monoisotopic (exact) mass is 216 g/mol. The van der Waals surface area contributed by atoms with E-state index in [1.54, 1.807) is 0 Å². The molecule has 0 amide bonds. The standard InChI is InChI=1S/C12H16N4/c1-7-3-2-4-8(7)11-14-9-5-6-10(13)15-12(9)16-11/h5-8H,2-4H2,1H3,(H3,13,14,15,16). The van der Waals surface area contributed by atoms with E-state index >= 15 is 0 Å². The van der Waals surface area contributed by atoms with Crippen LogP contribution in [0.25, 0.3) is 11.2 Å². The van der Waals surface area contributed by atoms with Gasteiger partial charge in [0.2, 0.25) is 0 Å². The Bertz CT molecular complexity index is 517. The molecule has 0 radical (unpaired) electrons. The molecule has 0 bridgehead atoms. The highest BCUT2D eigenvalue weighted by Gasteiger charge is 2.27. The van der Waals surface area contributed by atoms with E-state index < -0.39 is 0 Å². The van der Waals surface area contributed by atoms with Gasteiger partial charge in [0.05, 0.1) is 5.52 Å². The van der Waals surface area contributed by atoms with Gasteiger partial charge in [-0.05, 0) is 30.9 Å². The number of pyridine rings is 1. The summed E-state index contributed by atoms with van der Waals surface area (Å²) < 4.78 is 0. The molecule has 4 nitrogen and oxygen atoms in total. The topological polar surface area (TPSA) is 67.6 Å². The van der Waals surface area contributed by atoms with E-state index in [0.29, 0.717) is 11.7 Å².